The molecular formula is C23H27N3O5. The number of imide groups is 1. The predicted molar refractivity (Wildman–Crippen MR) is 114 cm³/mol. The molecule has 0 saturated carbocycles. The van der Waals surface area contributed by atoms with Gasteiger partial charge in [0.25, 0.3) is 5.91 Å². The first-order valence-corrected chi connectivity index (χ1v) is 10.3. The van der Waals surface area contributed by atoms with Crippen LogP contribution in [-0.2, 0) is 11.2 Å². The van der Waals surface area contributed by atoms with Crippen LogP contribution in [0.15, 0.2) is 24.3 Å². The van der Waals surface area contributed by atoms with Gasteiger partial charge < -0.3 is 19.4 Å². The number of ether oxygens (including phenoxy) is 2. The Kier molecular flexibility index (Phi) is 5.03. The second-order valence-corrected chi connectivity index (χ2v) is 8.69. The van der Waals surface area contributed by atoms with Crippen molar-refractivity contribution in [2.75, 3.05) is 13.3 Å². The highest BCUT2D eigenvalue weighted by molar-refractivity contribution is 6.11. The molecule has 8 nitrogen and oxygen atoms in total. The van der Waals surface area contributed by atoms with Gasteiger partial charge in [0.1, 0.15) is 5.54 Å². The minimum absolute atomic E-state index is 0.166. The first kappa shape index (κ1) is 21.0. The molecule has 2 aliphatic heterocycles. The number of nitrogens with one attached hydrogen (secondary N) is 1. The van der Waals surface area contributed by atoms with E-state index in [9.17, 15) is 14.4 Å². The van der Waals surface area contributed by atoms with Crippen molar-refractivity contribution in [2.24, 2.45) is 0 Å². The van der Waals surface area contributed by atoms with Crippen LogP contribution in [0.1, 0.15) is 54.1 Å². The van der Waals surface area contributed by atoms with Crippen LogP contribution < -0.4 is 14.8 Å². The number of benzene rings is 1. The van der Waals surface area contributed by atoms with Crippen LogP contribution in [0.5, 0.6) is 11.5 Å². The number of hydrogen-bond acceptors (Lipinski definition) is 5. The number of hydrogen-bond donors (Lipinski definition) is 1. The van der Waals surface area contributed by atoms with Crippen LogP contribution in [0, 0.1) is 13.8 Å². The second kappa shape index (κ2) is 7.44. The fraction of sp³-hybridized carbons (Fsp3) is 0.435. The van der Waals surface area contributed by atoms with Crippen molar-refractivity contribution in [1.82, 2.24) is 14.8 Å². The zero-order chi connectivity index (χ0) is 22.5. The summed E-state index contributed by atoms with van der Waals surface area (Å²) in [6.07, 6.45) is 0.279. The number of carbonyl (C=O) groups is 3. The van der Waals surface area contributed by atoms with Gasteiger partial charge in [-0.25, -0.2) is 4.79 Å². The third kappa shape index (κ3) is 3.56. The summed E-state index contributed by atoms with van der Waals surface area (Å²) in [6.45, 7) is 9.48. The maximum Gasteiger partial charge on any atom is 0.325 e. The largest absolute Gasteiger partial charge is 0.454 e. The molecule has 4 rings (SSSR count). The summed E-state index contributed by atoms with van der Waals surface area (Å²) in [5.41, 5.74) is 2.04. The molecule has 2 aliphatic rings. The molecule has 31 heavy (non-hydrogen) atoms. The predicted octanol–water partition coefficient (Wildman–Crippen LogP) is 3.15. The van der Waals surface area contributed by atoms with Crippen molar-refractivity contribution in [2.45, 2.75) is 52.6 Å². The molecule has 0 bridgehead atoms. The number of Topliss-reactive ketones (excluding diaryl/α,β-unsaturated/α-hetero) is 1. The van der Waals surface area contributed by atoms with Gasteiger partial charge in [0.05, 0.1) is 6.54 Å². The lowest BCUT2D eigenvalue weighted by Crippen LogP contribution is -2.46. The van der Waals surface area contributed by atoms with E-state index in [0.717, 1.165) is 21.9 Å². The lowest BCUT2D eigenvalue weighted by Gasteiger charge is -2.22. The molecule has 3 heterocycles. The number of aryl methyl sites for hydroxylation is 1. The summed E-state index contributed by atoms with van der Waals surface area (Å²) in [7, 11) is 0. The Morgan fingerprint density at radius 2 is 1.87 bits per heavy atom. The highest BCUT2D eigenvalue weighted by Crippen LogP contribution is 2.34. The number of nitrogens with zero attached hydrogens (tertiary/aromatic N) is 2. The third-order valence-electron chi connectivity index (χ3n) is 5.94. The van der Waals surface area contributed by atoms with Crippen LogP contribution in [0.25, 0.3) is 0 Å². The zero-order valence-corrected chi connectivity index (χ0v) is 18.4. The smallest absolute Gasteiger partial charge is 0.325 e. The van der Waals surface area contributed by atoms with E-state index in [4.69, 9.17) is 9.47 Å². The van der Waals surface area contributed by atoms with E-state index in [1.807, 2.05) is 45.9 Å². The van der Waals surface area contributed by atoms with Crippen LogP contribution in [0.2, 0.25) is 0 Å². The van der Waals surface area contributed by atoms with Crippen molar-refractivity contribution in [1.29, 1.82) is 0 Å². The average molecular weight is 425 g/mol. The highest BCUT2D eigenvalue weighted by atomic mass is 16.7. The molecule has 2 aromatic rings. The number of rotatable bonds is 6. The minimum atomic E-state index is -1.14. The molecule has 3 amide bonds. The van der Waals surface area contributed by atoms with E-state index in [1.54, 1.807) is 13.0 Å². The lowest BCUT2D eigenvalue weighted by atomic mass is 9.92. The number of urea groups is 1. The minimum Gasteiger partial charge on any atom is -0.454 e. The molecule has 1 aromatic carbocycles. The van der Waals surface area contributed by atoms with Gasteiger partial charge in [0.2, 0.25) is 6.79 Å². The molecular weight excluding hydrogens is 398 g/mol. The Morgan fingerprint density at radius 1 is 1.16 bits per heavy atom. The van der Waals surface area contributed by atoms with Crippen LogP contribution in [0.3, 0.4) is 0 Å². The van der Waals surface area contributed by atoms with E-state index in [0.29, 0.717) is 17.1 Å². The zero-order valence-electron chi connectivity index (χ0n) is 18.4. The Bertz CT molecular complexity index is 1090. The van der Waals surface area contributed by atoms with Crippen molar-refractivity contribution >= 4 is 17.7 Å². The molecule has 164 valence electrons. The van der Waals surface area contributed by atoms with Crippen molar-refractivity contribution in [3.63, 3.8) is 0 Å². The topological polar surface area (TPSA) is 89.9 Å². The number of fused-ring (bicyclic) bond motifs is 1. The van der Waals surface area contributed by atoms with Crippen LogP contribution >= 0.6 is 0 Å². The molecule has 0 spiro atoms. The summed E-state index contributed by atoms with van der Waals surface area (Å²) < 4.78 is 12.8. The molecule has 1 saturated heterocycles. The van der Waals surface area contributed by atoms with E-state index >= 15 is 0 Å². The van der Waals surface area contributed by atoms with Gasteiger partial charge in [-0.2, -0.15) is 0 Å². The SMILES string of the molecule is Cc1cc(C(=O)CN2C(=O)N[C@](C)(Cc3ccc4c(c3)OCO4)C2=O)c(C)n1C(C)C. The Balaban J connectivity index is 1.52. The number of ketones is 1. The summed E-state index contributed by atoms with van der Waals surface area (Å²) in [6, 6.07) is 6.91. The van der Waals surface area contributed by atoms with Gasteiger partial charge in [0.15, 0.2) is 17.3 Å². The van der Waals surface area contributed by atoms with Gasteiger partial charge in [0, 0.05) is 29.4 Å². The molecule has 0 unspecified atom stereocenters. The Hall–Kier alpha value is -3.29. The normalized spacial score (nSPS) is 20.0. The standard InChI is InChI=1S/C23H27N3O5/c1-13(2)26-14(3)8-17(15(26)4)18(27)11-25-21(28)23(5,24-22(25)29)10-16-6-7-19-20(9-16)31-12-30-19/h6-9,13H,10-12H2,1-5H3,(H,24,29)/t23-/m1/s1. The van der Waals surface area contributed by atoms with Crippen molar-refractivity contribution < 1.29 is 23.9 Å². The van der Waals surface area contributed by atoms with Gasteiger partial charge in [-0.15, -0.1) is 0 Å². The third-order valence-corrected chi connectivity index (χ3v) is 5.94. The first-order chi connectivity index (χ1) is 14.6. The van der Waals surface area contributed by atoms with Gasteiger partial charge >= 0.3 is 6.03 Å². The summed E-state index contributed by atoms with van der Waals surface area (Å²) in [5, 5.41) is 2.76. The summed E-state index contributed by atoms with van der Waals surface area (Å²) in [4.78, 5) is 39.7. The van der Waals surface area contributed by atoms with Gasteiger partial charge in [-0.1, -0.05) is 6.07 Å². The van der Waals surface area contributed by atoms with Gasteiger partial charge in [-0.3, -0.25) is 14.5 Å². The Labute approximate surface area is 181 Å². The van der Waals surface area contributed by atoms with E-state index in [1.165, 1.54) is 0 Å². The molecule has 1 fully saturated rings. The monoisotopic (exact) mass is 425 g/mol. The molecule has 1 atom stereocenters. The lowest BCUT2D eigenvalue weighted by molar-refractivity contribution is -0.130. The van der Waals surface area contributed by atoms with Crippen LogP contribution in [-0.4, -0.2) is 46.1 Å². The highest BCUT2D eigenvalue weighted by Gasteiger charge is 2.48. The summed E-state index contributed by atoms with van der Waals surface area (Å²) in [5.74, 6) is 0.601. The molecule has 8 heteroatoms. The fourth-order valence-corrected chi connectivity index (χ4v) is 4.55. The maximum atomic E-state index is 13.1. The van der Waals surface area contributed by atoms with Crippen LogP contribution in [0.4, 0.5) is 4.79 Å². The summed E-state index contributed by atoms with van der Waals surface area (Å²) >= 11 is 0. The van der Waals surface area contributed by atoms with E-state index in [2.05, 4.69) is 9.88 Å². The fourth-order valence-electron chi connectivity index (χ4n) is 4.55. The maximum absolute atomic E-state index is 13.1. The molecule has 0 aliphatic carbocycles. The Morgan fingerprint density at radius 3 is 2.55 bits per heavy atom. The molecule has 1 N–H and O–H groups in total. The van der Waals surface area contributed by atoms with Crippen molar-refractivity contribution in [3.05, 3.63) is 46.8 Å². The van der Waals surface area contributed by atoms with E-state index in [-0.39, 0.29) is 31.6 Å². The molecule has 1 aromatic heterocycles. The molecule has 0 radical (unpaired) electrons. The number of carbonyl (C=O) groups excluding carboxylic acids is 3. The quantitative estimate of drug-likeness (QED) is 0.567. The van der Waals surface area contributed by atoms with Crippen molar-refractivity contribution in [3.8, 4) is 11.5 Å². The average Bonchev–Trinajstić information content (AvgIpc) is 3.33. The number of amides is 3. The van der Waals surface area contributed by atoms with Gasteiger partial charge in [-0.05, 0) is 58.4 Å². The second-order valence-electron chi connectivity index (χ2n) is 8.69. The van der Waals surface area contributed by atoms with E-state index < -0.39 is 17.5 Å². The first-order valence-electron chi connectivity index (χ1n) is 10.3. The number of aromatic nitrogens is 1.